The highest BCUT2D eigenvalue weighted by Gasteiger charge is 2.11. The summed E-state index contributed by atoms with van der Waals surface area (Å²) >= 11 is 0. The van der Waals surface area contributed by atoms with E-state index in [9.17, 15) is 4.39 Å². The number of pyridine rings is 1. The van der Waals surface area contributed by atoms with Crippen LogP contribution in [0.2, 0.25) is 0 Å². The van der Waals surface area contributed by atoms with Gasteiger partial charge in [-0.25, -0.2) is 4.39 Å². The van der Waals surface area contributed by atoms with Crippen LogP contribution in [0, 0.1) is 0 Å². The number of halogens is 1. The molecule has 1 aliphatic heterocycles. The van der Waals surface area contributed by atoms with Gasteiger partial charge in [0.25, 0.3) is 0 Å². The average Bonchev–Trinajstić information content (AvgIpc) is 2.30. The number of rotatable bonds is 2. The third-order valence-corrected chi connectivity index (χ3v) is 2.30. The van der Waals surface area contributed by atoms with Crippen LogP contribution in [0.15, 0.2) is 24.4 Å². The molecule has 1 aliphatic rings. The van der Waals surface area contributed by atoms with Gasteiger partial charge in [0.05, 0.1) is 18.9 Å². The molecule has 0 unspecified atom stereocenters. The van der Waals surface area contributed by atoms with E-state index < -0.39 is 6.67 Å². The van der Waals surface area contributed by atoms with E-state index in [-0.39, 0.29) is 0 Å². The van der Waals surface area contributed by atoms with Crippen LogP contribution in [0.5, 0.6) is 0 Å². The zero-order valence-corrected chi connectivity index (χ0v) is 7.87. The molecule has 0 fully saturated rings. The van der Waals surface area contributed by atoms with Gasteiger partial charge in [0.2, 0.25) is 0 Å². The lowest BCUT2D eigenvalue weighted by molar-refractivity contribution is 0.161. The molecule has 0 amide bonds. The molecule has 14 heavy (non-hydrogen) atoms. The van der Waals surface area contributed by atoms with Crippen molar-refractivity contribution >= 4 is 5.57 Å². The number of hydrogen-bond donors (Lipinski definition) is 0. The van der Waals surface area contributed by atoms with E-state index >= 15 is 0 Å². The van der Waals surface area contributed by atoms with Crippen LogP contribution in [-0.2, 0) is 11.4 Å². The Morgan fingerprint density at radius 2 is 2.43 bits per heavy atom. The molecule has 2 nitrogen and oxygen atoms in total. The molecule has 2 heterocycles. The number of alkyl halides is 1. The van der Waals surface area contributed by atoms with Gasteiger partial charge in [-0.15, -0.1) is 0 Å². The first-order valence-corrected chi connectivity index (χ1v) is 4.69. The van der Waals surface area contributed by atoms with Gasteiger partial charge in [-0.05, 0) is 18.1 Å². The lowest BCUT2D eigenvalue weighted by atomic mass is 10.0. The van der Waals surface area contributed by atoms with Crippen molar-refractivity contribution < 1.29 is 9.13 Å². The molecule has 0 radical (unpaired) electrons. The topological polar surface area (TPSA) is 22.1 Å². The maximum Gasteiger partial charge on any atom is 0.117 e. The molecule has 0 N–H and O–H groups in total. The molecule has 0 spiro atoms. The van der Waals surface area contributed by atoms with Gasteiger partial charge >= 0.3 is 0 Å². The predicted molar refractivity (Wildman–Crippen MR) is 52.5 cm³/mol. The molecular weight excluding hydrogens is 181 g/mol. The molecule has 3 heteroatoms. The average molecular weight is 193 g/mol. The maximum absolute atomic E-state index is 12.6. The second-order valence-electron chi connectivity index (χ2n) is 3.20. The molecule has 1 aromatic heterocycles. The second kappa shape index (κ2) is 4.33. The largest absolute Gasteiger partial charge is 0.377 e. The molecule has 0 aliphatic carbocycles. The Kier molecular flexibility index (Phi) is 2.89. The zero-order chi connectivity index (χ0) is 9.80. The van der Waals surface area contributed by atoms with Gasteiger partial charge in [-0.2, -0.15) is 0 Å². The summed E-state index contributed by atoms with van der Waals surface area (Å²) in [5.74, 6) is 0. The highest BCUT2D eigenvalue weighted by atomic mass is 19.1. The van der Waals surface area contributed by atoms with Crippen molar-refractivity contribution in [2.75, 3.05) is 13.2 Å². The zero-order valence-electron chi connectivity index (χ0n) is 7.87. The summed E-state index contributed by atoms with van der Waals surface area (Å²) < 4.78 is 17.8. The Labute approximate surface area is 82.4 Å². The summed E-state index contributed by atoms with van der Waals surface area (Å²) in [4.78, 5) is 4.21. The standard InChI is InChI=1S/C11H12FNO/c12-8-10-2-1-5-13-11(10)9-3-6-14-7-4-9/h1-3,5H,4,6-8H2. The maximum atomic E-state index is 12.6. The number of hydrogen-bond acceptors (Lipinski definition) is 2. The lowest BCUT2D eigenvalue weighted by Crippen LogP contribution is -2.06. The predicted octanol–water partition coefficient (Wildman–Crippen LogP) is 2.35. The first kappa shape index (κ1) is 9.34. The summed E-state index contributed by atoms with van der Waals surface area (Å²) in [6, 6.07) is 3.54. The van der Waals surface area contributed by atoms with Crippen molar-refractivity contribution in [3.63, 3.8) is 0 Å². The minimum Gasteiger partial charge on any atom is -0.377 e. The molecule has 74 valence electrons. The Hall–Kier alpha value is -1.22. The lowest BCUT2D eigenvalue weighted by Gasteiger charge is -2.14. The van der Waals surface area contributed by atoms with Crippen LogP contribution in [0.25, 0.3) is 5.57 Å². The highest BCUT2D eigenvalue weighted by Crippen LogP contribution is 2.22. The monoisotopic (exact) mass is 193 g/mol. The summed E-state index contributed by atoms with van der Waals surface area (Å²) in [5.41, 5.74) is 2.56. The van der Waals surface area contributed by atoms with Gasteiger partial charge in [0, 0.05) is 11.8 Å². The molecule has 2 rings (SSSR count). The van der Waals surface area contributed by atoms with Crippen LogP contribution in [0.4, 0.5) is 4.39 Å². The Bertz CT molecular complexity index is 349. The smallest absolute Gasteiger partial charge is 0.117 e. The quantitative estimate of drug-likeness (QED) is 0.719. The fourth-order valence-corrected chi connectivity index (χ4v) is 1.58. The molecule has 0 saturated heterocycles. The molecular formula is C11H12FNO. The number of ether oxygens (including phenoxy) is 1. The van der Waals surface area contributed by atoms with Crippen molar-refractivity contribution in [1.82, 2.24) is 4.98 Å². The second-order valence-corrected chi connectivity index (χ2v) is 3.20. The van der Waals surface area contributed by atoms with Crippen molar-refractivity contribution in [3.8, 4) is 0 Å². The van der Waals surface area contributed by atoms with Crippen LogP contribution < -0.4 is 0 Å². The van der Waals surface area contributed by atoms with Crippen molar-refractivity contribution in [2.45, 2.75) is 13.1 Å². The molecule has 0 atom stereocenters. The van der Waals surface area contributed by atoms with E-state index in [1.54, 1.807) is 18.3 Å². The number of nitrogens with zero attached hydrogens (tertiary/aromatic N) is 1. The van der Waals surface area contributed by atoms with E-state index in [1.165, 1.54) is 0 Å². The van der Waals surface area contributed by atoms with Crippen LogP contribution in [0.3, 0.4) is 0 Å². The molecule has 0 aromatic carbocycles. The highest BCUT2D eigenvalue weighted by molar-refractivity contribution is 5.65. The van der Waals surface area contributed by atoms with Crippen molar-refractivity contribution in [2.24, 2.45) is 0 Å². The van der Waals surface area contributed by atoms with E-state index in [2.05, 4.69) is 4.98 Å². The fraction of sp³-hybridized carbons (Fsp3) is 0.364. The van der Waals surface area contributed by atoms with Crippen molar-refractivity contribution in [1.29, 1.82) is 0 Å². The third kappa shape index (κ3) is 1.82. The van der Waals surface area contributed by atoms with Gasteiger partial charge in [-0.1, -0.05) is 12.1 Å². The summed E-state index contributed by atoms with van der Waals surface area (Å²) in [6.45, 7) is 0.854. The first-order chi connectivity index (χ1) is 6.92. The molecule has 0 saturated carbocycles. The van der Waals surface area contributed by atoms with Gasteiger partial charge < -0.3 is 4.74 Å². The van der Waals surface area contributed by atoms with Gasteiger partial charge in [0.15, 0.2) is 0 Å². The molecule has 0 bridgehead atoms. The number of aromatic nitrogens is 1. The SMILES string of the molecule is FCc1cccnc1C1=CCOCC1. The minimum absolute atomic E-state index is 0.457. The van der Waals surface area contributed by atoms with Crippen molar-refractivity contribution in [3.05, 3.63) is 35.7 Å². The summed E-state index contributed by atoms with van der Waals surface area (Å²) in [5, 5.41) is 0. The fourth-order valence-electron chi connectivity index (χ4n) is 1.58. The molecule has 1 aromatic rings. The minimum atomic E-state index is -0.457. The van der Waals surface area contributed by atoms with E-state index in [0.29, 0.717) is 18.8 Å². The van der Waals surface area contributed by atoms with E-state index in [1.807, 2.05) is 6.08 Å². The van der Waals surface area contributed by atoms with Crippen LogP contribution >= 0.6 is 0 Å². The Balaban J connectivity index is 2.34. The van der Waals surface area contributed by atoms with Gasteiger partial charge in [0.1, 0.15) is 6.67 Å². The normalized spacial score (nSPS) is 16.5. The first-order valence-electron chi connectivity index (χ1n) is 4.69. The van der Waals surface area contributed by atoms with Gasteiger partial charge in [-0.3, -0.25) is 4.98 Å². The third-order valence-electron chi connectivity index (χ3n) is 2.30. The summed E-state index contributed by atoms with van der Waals surface area (Å²) in [7, 11) is 0. The summed E-state index contributed by atoms with van der Waals surface area (Å²) in [6.07, 6.45) is 4.50. The van der Waals surface area contributed by atoms with Crippen LogP contribution in [0.1, 0.15) is 17.7 Å². The Morgan fingerprint density at radius 3 is 3.14 bits per heavy atom. The van der Waals surface area contributed by atoms with Crippen LogP contribution in [-0.4, -0.2) is 18.2 Å². The Morgan fingerprint density at radius 1 is 1.50 bits per heavy atom. The van der Waals surface area contributed by atoms with E-state index in [4.69, 9.17) is 4.74 Å². The van der Waals surface area contributed by atoms with E-state index in [0.717, 1.165) is 17.7 Å².